The Hall–Kier alpha value is -3.33. The Morgan fingerprint density at radius 1 is 1.14 bits per heavy atom. The Morgan fingerprint density at radius 3 is 2.43 bits per heavy atom. The van der Waals surface area contributed by atoms with Crippen LogP contribution in [0, 0.1) is 11.7 Å². The van der Waals surface area contributed by atoms with Gasteiger partial charge < -0.3 is 23.9 Å². The zero-order valence-corrected chi connectivity index (χ0v) is 21.7. The van der Waals surface area contributed by atoms with E-state index in [4.69, 9.17) is 19.0 Å². The molecule has 2 saturated heterocycles. The molecule has 0 bridgehead atoms. The fraction of sp³-hybridized carbons (Fsp3) is 0.500. The number of carbonyl (C=O) groups is 1. The summed E-state index contributed by atoms with van der Waals surface area (Å²) in [6.45, 7) is 8.60. The molecule has 1 unspecified atom stereocenters. The molecule has 3 heterocycles. The first kappa shape index (κ1) is 25.3. The number of likely N-dealkylation sites (tertiary alicyclic amines) is 2. The van der Waals surface area contributed by atoms with Crippen LogP contribution in [0.2, 0.25) is 0 Å². The molecule has 0 amide bonds. The topological polar surface area (TPSA) is 72.8 Å². The summed E-state index contributed by atoms with van der Waals surface area (Å²) in [4.78, 5) is 22.2. The highest BCUT2D eigenvalue weighted by Crippen LogP contribution is 2.42. The fourth-order valence-electron chi connectivity index (χ4n) is 5.51. The average molecular weight is 512 g/mol. The standard InChI is InChI=1S/C28H34FN3O5/c1-4-35-23-12-19(13-24(36-5-2)26(23)20-6-8-22(29)9-7-20)15-31-17-28(18-31)14-25(30-37-28)32-11-10-21(16-32)27(33)34-3/h6-9,12-13,21H,4-5,10-11,14-18H2,1-3H3. The van der Waals surface area contributed by atoms with Gasteiger partial charge in [0.1, 0.15) is 23.2 Å². The number of carbonyl (C=O) groups excluding carboxylic acids is 1. The lowest BCUT2D eigenvalue weighted by Gasteiger charge is -2.45. The van der Waals surface area contributed by atoms with Crippen molar-refractivity contribution < 1.29 is 28.2 Å². The Balaban J connectivity index is 1.25. The van der Waals surface area contributed by atoms with Crippen LogP contribution in [0.15, 0.2) is 41.6 Å². The number of esters is 1. The number of benzene rings is 2. The van der Waals surface area contributed by atoms with Crippen molar-refractivity contribution in [2.75, 3.05) is 46.5 Å². The van der Waals surface area contributed by atoms with Crippen LogP contribution in [0.4, 0.5) is 4.39 Å². The number of methoxy groups -OCH3 is 1. The molecular formula is C28H34FN3O5. The molecule has 1 atom stereocenters. The van der Waals surface area contributed by atoms with Gasteiger partial charge in [-0.3, -0.25) is 9.69 Å². The minimum Gasteiger partial charge on any atom is -0.493 e. The summed E-state index contributed by atoms with van der Waals surface area (Å²) in [7, 11) is 1.43. The largest absolute Gasteiger partial charge is 0.493 e. The quantitative estimate of drug-likeness (QED) is 0.495. The summed E-state index contributed by atoms with van der Waals surface area (Å²) in [6, 6.07) is 10.5. The van der Waals surface area contributed by atoms with Gasteiger partial charge in [-0.15, -0.1) is 0 Å². The van der Waals surface area contributed by atoms with Gasteiger partial charge in [-0.2, -0.15) is 0 Å². The summed E-state index contributed by atoms with van der Waals surface area (Å²) in [6.07, 6.45) is 1.53. The van der Waals surface area contributed by atoms with Gasteiger partial charge in [0.15, 0.2) is 5.60 Å². The van der Waals surface area contributed by atoms with Crippen molar-refractivity contribution in [3.8, 4) is 22.6 Å². The van der Waals surface area contributed by atoms with Crippen LogP contribution in [0.3, 0.4) is 0 Å². The highest BCUT2D eigenvalue weighted by atomic mass is 19.1. The second-order valence-electron chi connectivity index (χ2n) is 9.90. The highest BCUT2D eigenvalue weighted by molar-refractivity contribution is 5.85. The van der Waals surface area contributed by atoms with Crippen molar-refractivity contribution >= 4 is 11.8 Å². The van der Waals surface area contributed by atoms with Crippen molar-refractivity contribution in [3.63, 3.8) is 0 Å². The third-order valence-corrected chi connectivity index (χ3v) is 7.20. The van der Waals surface area contributed by atoms with Crippen LogP contribution in [-0.4, -0.2) is 73.7 Å². The average Bonchev–Trinajstić information content (AvgIpc) is 3.53. The predicted octanol–water partition coefficient (Wildman–Crippen LogP) is 4.07. The highest BCUT2D eigenvalue weighted by Gasteiger charge is 2.51. The van der Waals surface area contributed by atoms with Crippen molar-refractivity contribution in [3.05, 3.63) is 47.8 Å². The number of hydrogen-bond donors (Lipinski definition) is 0. The third kappa shape index (κ3) is 5.23. The van der Waals surface area contributed by atoms with Gasteiger partial charge in [0.05, 0.1) is 38.2 Å². The Bertz CT molecular complexity index is 1140. The number of amidine groups is 1. The lowest BCUT2D eigenvalue weighted by atomic mass is 9.89. The van der Waals surface area contributed by atoms with Crippen LogP contribution in [0.1, 0.15) is 32.3 Å². The van der Waals surface area contributed by atoms with E-state index in [2.05, 4.69) is 15.0 Å². The van der Waals surface area contributed by atoms with E-state index < -0.39 is 0 Å². The van der Waals surface area contributed by atoms with E-state index in [1.165, 1.54) is 19.2 Å². The van der Waals surface area contributed by atoms with E-state index >= 15 is 0 Å². The molecular weight excluding hydrogens is 477 g/mol. The molecule has 3 aliphatic heterocycles. The molecule has 198 valence electrons. The summed E-state index contributed by atoms with van der Waals surface area (Å²) in [5.41, 5.74) is 2.45. The SMILES string of the molecule is CCOc1cc(CN2CC3(CC(N4CCC(C(=O)OC)C4)=NO3)C2)cc(OCC)c1-c1ccc(F)cc1. The van der Waals surface area contributed by atoms with Crippen LogP contribution in [0.25, 0.3) is 11.1 Å². The van der Waals surface area contributed by atoms with Crippen LogP contribution < -0.4 is 9.47 Å². The molecule has 37 heavy (non-hydrogen) atoms. The first-order valence-electron chi connectivity index (χ1n) is 12.9. The third-order valence-electron chi connectivity index (χ3n) is 7.20. The molecule has 0 saturated carbocycles. The molecule has 0 N–H and O–H groups in total. The van der Waals surface area contributed by atoms with Crippen LogP contribution >= 0.6 is 0 Å². The molecule has 2 aromatic rings. The Labute approximate surface area is 216 Å². The zero-order chi connectivity index (χ0) is 26.0. The molecule has 0 radical (unpaired) electrons. The lowest BCUT2D eigenvalue weighted by Crippen LogP contribution is -2.61. The van der Waals surface area contributed by atoms with Gasteiger partial charge in [0, 0.05) is 32.7 Å². The lowest BCUT2D eigenvalue weighted by molar-refractivity contribution is -0.144. The smallest absolute Gasteiger partial charge is 0.310 e. The fourth-order valence-corrected chi connectivity index (χ4v) is 5.51. The molecule has 0 aromatic heterocycles. The summed E-state index contributed by atoms with van der Waals surface area (Å²) in [5, 5.41) is 4.38. The molecule has 2 aromatic carbocycles. The normalized spacial score (nSPS) is 20.4. The van der Waals surface area contributed by atoms with Gasteiger partial charge >= 0.3 is 5.97 Å². The zero-order valence-electron chi connectivity index (χ0n) is 21.7. The second kappa shape index (κ2) is 10.6. The first-order chi connectivity index (χ1) is 17.9. The number of rotatable bonds is 8. The molecule has 9 heteroatoms. The van der Waals surface area contributed by atoms with Gasteiger partial charge in [0.25, 0.3) is 0 Å². The van der Waals surface area contributed by atoms with Crippen molar-refractivity contribution in [1.29, 1.82) is 0 Å². The maximum Gasteiger partial charge on any atom is 0.310 e. The van der Waals surface area contributed by atoms with Crippen LogP contribution in [-0.2, 0) is 20.9 Å². The summed E-state index contributed by atoms with van der Waals surface area (Å²) < 4.78 is 30.5. The van der Waals surface area contributed by atoms with Crippen molar-refractivity contribution in [1.82, 2.24) is 9.80 Å². The monoisotopic (exact) mass is 511 g/mol. The minimum atomic E-state index is -0.307. The van der Waals surface area contributed by atoms with E-state index in [1.807, 2.05) is 26.0 Å². The minimum absolute atomic E-state index is 0.0981. The van der Waals surface area contributed by atoms with E-state index in [0.29, 0.717) is 19.8 Å². The second-order valence-corrected chi connectivity index (χ2v) is 9.90. The number of hydrogen-bond acceptors (Lipinski definition) is 8. The number of oxime groups is 1. The van der Waals surface area contributed by atoms with Gasteiger partial charge in [0.2, 0.25) is 0 Å². The van der Waals surface area contributed by atoms with Crippen molar-refractivity contribution in [2.45, 2.75) is 38.8 Å². The van der Waals surface area contributed by atoms with E-state index in [9.17, 15) is 9.18 Å². The number of nitrogens with zero attached hydrogens (tertiary/aromatic N) is 3. The molecule has 8 nitrogen and oxygen atoms in total. The Kier molecular flexibility index (Phi) is 7.24. The van der Waals surface area contributed by atoms with E-state index in [1.54, 1.807) is 12.1 Å². The Morgan fingerprint density at radius 2 is 1.81 bits per heavy atom. The molecule has 3 aliphatic rings. The van der Waals surface area contributed by atoms with Gasteiger partial charge in [-0.05, 0) is 55.7 Å². The first-order valence-corrected chi connectivity index (χ1v) is 12.9. The van der Waals surface area contributed by atoms with Gasteiger partial charge in [-0.1, -0.05) is 17.3 Å². The molecule has 2 fully saturated rings. The van der Waals surface area contributed by atoms with E-state index in [0.717, 1.165) is 73.0 Å². The number of ether oxygens (including phenoxy) is 3. The van der Waals surface area contributed by atoms with E-state index in [-0.39, 0.29) is 23.3 Å². The van der Waals surface area contributed by atoms with Crippen LogP contribution in [0.5, 0.6) is 11.5 Å². The maximum atomic E-state index is 13.5. The number of halogens is 1. The maximum absolute atomic E-state index is 13.5. The van der Waals surface area contributed by atoms with Crippen molar-refractivity contribution in [2.24, 2.45) is 11.1 Å². The molecule has 0 aliphatic carbocycles. The summed E-state index contributed by atoms with van der Waals surface area (Å²) in [5.74, 6) is 1.84. The van der Waals surface area contributed by atoms with Gasteiger partial charge in [-0.25, -0.2) is 4.39 Å². The molecule has 5 rings (SSSR count). The molecule has 1 spiro atoms. The summed E-state index contributed by atoms with van der Waals surface area (Å²) >= 11 is 0. The predicted molar refractivity (Wildman–Crippen MR) is 137 cm³/mol.